The number of hydrogen-bond acceptors (Lipinski definition) is 6. The Balaban J connectivity index is 1.51. The molecule has 2 aromatic heterocycles. The van der Waals surface area contributed by atoms with E-state index in [1.165, 1.54) is 16.9 Å². The van der Waals surface area contributed by atoms with Crippen LogP contribution in [0.2, 0.25) is 0 Å². The van der Waals surface area contributed by atoms with Crippen LogP contribution in [0.3, 0.4) is 0 Å². The van der Waals surface area contributed by atoms with E-state index in [4.69, 9.17) is 9.47 Å². The molecular formula is C23H25N3O3S. The van der Waals surface area contributed by atoms with Gasteiger partial charge in [0.15, 0.2) is 11.5 Å². The fraction of sp³-hybridized carbons (Fsp3) is 0.348. The van der Waals surface area contributed by atoms with Gasteiger partial charge in [-0.05, 0) is 42.7 Å². The topological polar surface area (TPSA) is 73.3 Å². The summed E-state index contributed by atoms with van der Waals surface area (Å²) >= 11 is 1.45. The summed E-state index contributed by atoms with van der Waals surface area (Å²) < 4.78 is 10.9. The summed E-state index contributed by atoms with van der Waals surface area (Å²) in [5.74, 6) is 1.28. The molecule has 1 N–H and O–H groups in total. The zero-order chi connectivity index (χ0) is 21.0. The highest BCUT2D eigenvalue weighted by atomic mass is 32.1. The van der Waals surface area contributed by atoms with Gasteiger partial charge in [-0.25, -0.2) is 4.98 Å². The zero-order valence-corrected chi connectivity index (χ0v) is 18.0. The van der Waals surface area contributed by atoms with E-state index in [2.05, 4.69) is 21.4 Å². The number of benzene rings is 1. The van der Waals surface area contributed by atoms with Crippen molar-refractivity contribution in [3.05, 3.63) is 59.4 Å². The molecule has 0 unspecified atom stereocenters. The third-order valence-electron chi connectivity index (χ3n) is 5.79. The average molecular weight is 424 g/mol. The second-order valence-electron chi connectivity index (χ2n) is 7.52. The smallest absolute Gasteiger partial charge is 0.270 e. The van der Waals surface area contributed by atoms with E-state index >= 15 is 0 Å². The number of thiazole rings is 1. The van der Waals surface area contributed by atoms with Crippen molar-refractivity contribution in [1.29, 1.82) is 0 Å². The molecule has 4 rings (SSSR count). The number of amides is 1. The van der Waals surface area contributed by atoms with Crippen LogP contribution in [0.1, 0.15) is 41.7 Å². The normalized spacial score (nSPS) is 15.0. The minimum Gasteiger partial charge on any atom is -0.493 e. The number of carbonyl (C=O) groups excluding carboxylic acids is 1. The molecule has 1 aromatic carbocycles. The van der Waals surface area contributed by atoms with Gasteiger partial charge in [0.1, 0.15) is 10.7 Å². The molecule has 1 saturated carbocycles. The SMILES string of the molecule is COc1ccc(C2(CNC(=O)c3csc(-c4cccnc4)n3)CCCC2)cc1OC. The molecular weight excluding hydrogens is 398 g/mol. The van der Waals surface area contributed by atoms with E-state index in [0.29, 0.717) is 23.7 Å². The Bertz CT molecular complexity index is 1010. The van der Waals surface area contributed by atoms with Gasteiger partial charge >= 0.3 is 0 Å². The zero-order valence-electron chi connectivity index (χ0n) is 17.2. The molecule has 0 saturated heterocycles. The summed E-state index contributed by atoms with van der Waals surface area (Å²) in [6.07, 6.45) is 7.82. The maximum absolute atomic E-state index is 12.8. The lowest BCUT2D eigenvalue weighted by Crippen LogP contribution is -2.39. The van der Waals surface area contributed by atoms with Gasteiger partial charge in [0.2, 0.25) is 0 Å². The number of aromatic nitrogens is 2. The Morgan fingerprint density at radius 3 is 2.67 bits per heavy atom. The van der Waals surface area contributed by atoms with Crippen molar-refractivity contribution in [2.45, 2.75) is 31.1 Å². The number of pyridine rings is 1. The van der Waals surface area contributed by atoms with Crippen molar-refractivity contribution < 1.29 is 14.3 Å². The van der Waals surface area contributed by atoms with Crippen LogP contribution < -0.4 is 14.8 Å². The van der Waals surface area contributed by atoms with Crippen LogP contribution in [0.25, 0.3) is 10.6 Å². The first-order valence-electron chi connectivity index (χ1n) is 10.0. The molecule has 3 aromatic rings. The van der Waals surface area contributed by atoms with Crippen molar-refractivity contribution in [1.82, 2.24) is 15.3 Å². The molecule has 30 heavy (non-hydrogen) atoms. The number of carbonyl (C=O) groups is 1. The van der Waals surface area contributed by atoms with Gasteiger partial charge in [-0.15, -0.1) is 11.3 Å². The highest BCUT2D eigenvalue weighted by molar-refractivity contribution is 7.13. The molecule has 1 aliphatic carbocycles. The molecule has 2 heterocycles. The van der Waals surface area contributed by atoms with E-state index in [1.807, 2.05) is 24.3 Å². The molecule has 0 atom stereocenters. The fourth-order valence-electron chi connectivity index (χ4n) is 4.13. The molecule has 0 spiro atoms. The standard InChI is InChI=1S/C23H25N3O3S/c1-28-19-8-7-17(12-20(19)29-2)23(9-3-4-10-23)15-25-21(27)18-14-30-22(26-18)16-6-5-11-24-13-16/h5-8,11-14H,3-4,9-10,15H2,1-2H3,(H,25,27). The van der Waals surface area contributed by atoms with Crippen molar-refractivity contribution in [2.24, 2.45) is 0 Å². The summed E-state index contributed by atoms with van der Waals surface area (Å²) in [5, 5.41) is 5.72. The molecule has 7 heteroatoms. The Hall–Kier alpha value is -2.93. The van der Waals surface area contributed by atoms with E-state index < -0.39 is 0 Å². The molecule has 6 nitrogen and oxygen atoms in total. The van der Waals surface area contributed by atoms with Gasteiger partial charge in [-0.1, -0.05) is 18.9 Å². The first-order chi connectivity index (χ1) is 14.6. The third-order valence-corrected chi connectivity index (χ3v) is 6.68. The molecule has 0 radical (unpaired) electrons. The fourth-order valence-corrected chi connectivity index (χ4v) is 4.92. The number of nitrogens with one attached hydrogen (secondary N) is 1. The van der Waals surface area contributed by atoms with Gasteiger partial charge in [0, 0.05) is 35.3 Å². The Labute approximate surface area is 180 Å². The quantitative estimate of drug-likeness (QED) is 0.607. The Morgan fingerprint density at radius 1 is 1.17 bits per heavy atom. The van der Waals surface area contributed by atoms with Crippen LogP contribution in [0.15, 0.2) is 48.1 Å². The summed E-state index contributed by atoms with van der Waals surface area (Å²) in [6, 6.07) is 9.88. The maximum Gasteiger partial charge on any atom is 0.270 e. The summed E-state index contributed by atoms with van der Waals surface area (Å²) in [6.45, 7) is 0.571. The summed E-state index contributed by atoms with van der Waals surface area (Å²) in [7, 11) is 3.28. The van der Waals surface area contributed by atoms with Crippen LogP contribution in [0.5, 0.6) is 11.5 Å². The maximum atomic E-state index is 12.8. The number of ether oxygens (including phenoxy) is 2. The van der Waals surface area contributed by atoms with Gasteiger partial charge in [0.25, 0.3) is 5.91 Å². The highest BCUT2D eigenvalue weighted by Gasteiger charge is 2.36. The van der Waals surface area contributed by atoms with E-state index in [1.54, 1.807) is 32.0 Å². The highest BCUT2D eigenvalue weighted by Crippen LogP contribution is 2.43. The number of nitrogens with zero attached hydrogens (tertiary/aromatic N) is 2. The predicted octanol–water partition coefficient (Wildman–Crippen LogP) is 4.46. The largest absolute Gasteiger partial charge is 0.493 e. The Kier molecular flexibility index (Phi) is 5.99. The minimum atomic E-state index is -0.145. The van der Waals surface area contributed by atoms with E-state index in [9.17, 15) is 4.79 Å². The second-order valence-corrected chi connectivity index (χ2v) is 8.38. The van der Waals surface area contributed by atoms with Gasteiger partial charge in [-0.3, -0.25) is 9.78 Å². The van der Waals surface area contributed by atoms with Gasteiger partial charge < -0.3 is 14.8 Å². The van der Waals surface area contributed by atoms with Crippen molar-refractivity contribution in [3.8, 4) is 22.1 Å². The lowest BCUT2D eigenvalue weighted by atomic mass is 9.78. The van der Waals surface area contributed by atoms with Crippen LogP contribution in [-0.4, -0.2) is 36.6 Å². The lowest BCUT2D eigenvalue weighted by molar-refractivity contribution is 0.0939. The van der Waals surface area contributed by atoms with E-state index in [0.717, 1.165) is 36.3 Å². The second kappa shape index (κ2) is 8.83. The van der Waals surface area contributed by atoms with Crippen LogP contribution in [-0.2, 0) is 5.41 Å². The number of hydrogen-bond donors (Lipinski definition) is 1. The summed E-state index contributed by atoms with van der Waals surface area (Å²) in [4.78, 5) is 21.4. The monoisotopic (exact) mass is 423 g/mol. The molecule has 0 aliphatic heterocycles. The average Bonchev–Trinajstić information content (AvgIpc) is 3.48. The molecule has 1 fully saturated rings. The minimum absolute atomic E-state index is 0.0998. The van der Waals surface area contributed by atoms with Crippen molar-refractivity contribution in [3.63, 3.8) is 0 Å². The van der Waals surface area contributed by atoms with Crippen molar-refractivity contribution >= 4 is 17.2 Å². The number of methoxy groups -OCH3 is 2. The van der Waals surface area contributed by atoms with E-state index in [-0.39, 0.29) is 11.3 Å². The predicted molar refractivity (Wildman–Crippen MR) is 117 cm³/mol. The van der Waals surface area contributed by atoms with Crippen LogP contribution in [0.4, 0.5) is 0 Å². The Morgan fingerprint density at radius 2 is 1.97 bits per heavy atom. The molecule has 156 valence electrons. The molecule has 0 bridgehead atoms. The van der Waals surface area contributed by atoms with Gasteiger partial charge in [0.05, 0.1) is 14.2 Å². The molecule has 1 aliphatic rings. The van der Waals surface area contributed by atoms with Crippen molar-refractivity contribution in [2.75, 3.05) is 20.8 Å². The first kappa shape index (κ1) is 20.3. The lowest BCUT2D eigenvalue weighted by Gasteiger charge is -2.30. The van der Waals surface area contributed by atoms with Gasteiger partial charge in [-0.2, -0.15) is 0 Å². The van der Waals surface area contributed by atoms with Crippen LogP contribution >= 0.6 is 11.3 Å². The first-order valence-corrected chi connectivity index (χ1v) is 10.9. The summed E-state index contributed by atoms with van der Waals surface area (Å²) in [5.41, 5.74) is 2.43. The number of rotatable bonds is 7. The van der Waals surface area contributed by atoms with Crippen LogP contribution in [0, 0.1) is 0 Å². The third kappa shape index (κ3) is 4.03. The molecule has 1 amide bonds.